The second-order valence-electron chi connectivity index (χ2n) is 15.0. The Morgan fingerprint density at radius 2 is 1.00 bits per heavy atom. The van der Waals surface area contributed by atoms with Crippen molar-refractivity contribution in [3.05, 3.63) is 234 Å². The zero-order valence-electron chi connectivity index (χ0n) is 31.2. The molecule has 1 nitrogen and oxygen atoms in total. The summed E-state index contributed by atoms with van der Waals surface area (Å²) in [7, 11) is 0. The number of hydrogen-bond acceptors (Lipinski definition) is 1. The average Bonchev–Trinajstić information content (AvgIpc) is 3.55. The first-order valence-corrected chi connectivity index (χ1v) is 19.4. The normalized spacial score (nSPS) is 12.9. The first-order chi connectivity index (χ1) is 27.1. The van der Waals surface area contributed by atoms with Crippen LogP contribution in [0.3, 0.4) is 0 Å². The van der Waals surface area contributed by atoms with Gasteiger partial charge in [-0.3, -0.25) is 0 Å². The Labute approximate surface area is 323 Å². The highest BCUT2D eigenvalue weighted by atomic mass is 15.1. The first-order valence-electron chi connectivity index (χ1n) is 19.4. The number of nitrogens with zero attached hydrogens (tertiary/aromatic N) is 1. The maximum Gasteiger partial charge on any atom is 0.0714 e. The van der Waals surface area contributed by atoms with Gasteiger partial charge in [0.15, 0.2) is 0 Å². The van der Waals surface area contributed by atoms with Gasteiger partial charge in [0.05, 0.1) is 16.8 Å². The van der Waals surface area contributed by atoms with E-state index < -0.39 is 5.41 Å². The van der Waals surface area contributed by atoms with Gasteiger partial charge in [0.1, 0.15) is 0 Å². The maximum absolute atomic E-state index is 2.52. The Balaban J connectivity index is 1.34. The van der Waals surface area contributed by atoms with Crippen LogP contribution in [0.1, 0.15) is 47.6 Å². The third-order valence-electron chi connectivity index (χ3n) is 11.7. The zero-order valence-corrected chi connectivity index (χ0v) is 31.2. The largest absolute Gasteiger partial charge is 0.309 e. The van der Waals surface area contributed by atoms with Crippen molar-refractivity contribution >= 4 is 38.6 Å². The van der Waals surface area contributed by atoms with Gasteiger partial charge < -0.3 is 4.90 Å². The van der Waals surface area contributed by atoms with Gasteiger partial charge in [-0.2, -0.15) is 0 Å². The van der Waals surface area contributed by atoms with Gasteiger partial charge in [-0.15, -0.1) is 0 Å². The second kappa shape index (κ2) is 13.3. The Hall–Kier alpha value is -6.70. The van der Waals surface area contributed by atoms with Crippen LogP contribution in [-0.4, -0.2) is 0 Å². The molecule has 0 unspecified atom stereocenters. The zero-order chi connectivity index (χ0) is 36.9. The fourth-order valence-electron chi connectivity index (χ4n) is 9.34. The van der Waals surface area contributed by atoms with Gasteiger partial charge in [0.25, 0.3) is 0 Å². The minimum Gasteiger partial charge on any atom is -0.309 e. The van der Waals surface area contributed by atoms with Crippen LogP contribution in [0, 0.1) is 0 Å². The monoisotopic (exact) mass is 703 g/mol. The van der Waals surface area contributed by atoms with Crippen LogP contribution in [0.5, 0.6) is 0 Å². The standard InChI is InChI=1S/C54H41N/c1-37(2)44-29-17-30-48-53(44)47-34-33-43(36-49(47)54(48,41-23-8-4-9-24-41)42-25-10-5-11-26-42)55(50-31-16-22-38-18-12-14-27-45(38)50)51-35-32-39-19-13-15-28-46(39)52(51)40-20-6-3-7-21-40/h3-37H,1-2H3. The van der Waals surface area contributed by atoms with Crippen LogP contribution < -0.4 is 4.90 Å². The van der Waals surface area contributed by atoms with Gasteiger partial charge in [-0.05, 0) is 90.8 Å². The lowest BCUT2D eigenvalue weighted by molar-refractivity contribution is 0.765. The van der Waals surface area contributed by atoms with E-state index in [2.05, 4.69) is 225 Å². The molecule has 0 saturated carbocycles. The summed E-state index contributed by atoms with van der Waals surface area (Å²) in [6.45, 7) is 4.64. The van der Waals surface area contributed by atoms with Crippen molar-refractivity contribution in [2.45, 2.75) is 25.2 Å². The summed E-state index contributed by atoms with van der Waals surface area (Å²) in [6, 6.07) is 76.3. The lowest BCUT2D eigenvalue weighted by Crippen LogP contribution is -2.28. The van der Waals surface area contributed by atoms with E-state index in [1.807, 2.05) is 0 Å². The van der Waals surface area contributed by atoms with E-state index in [1.165, 1.54) is 71.6 Å². The molecule has 1 aliphatic rings. The summed E-state index contributed by atoms with van der Waals surface area (Å²) >= 11 is 0. The second-order valence-corrected chi connectivity index (χ2v) is 15.0. The fraction of sp³-hybridized carbons (Fsp3) is 0.0741. The summed E-state index contributed by atoms with van der Waals surface area (Å²) in [4.78, 5) is 2.52. The van der Waals surface area contributed by atoms with Crippen molar-refractivity contribution in [3.63, 3.8) is 0 Å². The number of fused-ring (bicyclic) bond motifs is 5. The molecule has 1 heteroatoms. The topological polar surface area (TPSA) is 3.24 Å². The van der Waals surface area contributed by atoms with Gasteiger partial charge in [-0.25, -0.2) is 0 Å². The van der Waals surface area contributed by atoms with Crippen molar-refractivity contribution in [1.29, 1.82) is 0 Å². The molecule has 0 fully saturated rings. The van der Waals surface area contributed by atoms with E-state index in [1.54, 1.807) is 0 Å². The summed E-state index contributed by atoms with van der Waals surface area (Å²) < 4.78 is 0. The van der Waals surface area contributed by atoms with Crippen molar-refractivity contribution in [1.82, 2.24) is 0 Å². The highest BCUT2D eigenvalue weighted by Crippen LogP contribution is 2.59. The van der Waals surface area contributed by atoms with E-state index in [0.29, 0.717) is 5.92 Å². The predicted octanol–water partition coefficient (Wildman–Crippen LogP) is 14.6. The molecular weight excluding hydrogens is 663 g/mol. The summed E-state index contributed by atoms with van der Waals surface area (Å²) in [5, 5.41) is 4.88. The third kappa shape index (κ3) is 5.15. The van der Waals surface area contributed by atoms with E-state index in [0.717, 1.165) is 17.1 Å². The third-order valence-corrected chi connectivity index (χ3v) is 11.7. The van der Waals surface area contributed by atoms with Crippen LogP contribution in [-0.2, 0) is 5.41 Å². The molecule has 0 atom stereocenters. The highest BCUT2D eigenvalue weighted by Gasteiger charge is 2.47. The van der Waals surface area contributed by atoms with Crippen LogP contribution >= 0.6 is 0 Å². The van der Waals surface area contributed by atoms with Crippen LogP contribution in [0.25, 0.3) is 43.8 Å². The SMILES string of the molecule is CC(C)c1cccc2c1-c1ccc(N(c3ccc4ccccc4c3-c3ccccc3)c3cccc4ccccc34)cc1C2(c1ccccc1)c1ccccc1. The Bertz CT molecular complexity index is 2790. The van der Waals surface area contributed by atoms with Crippen molar-refractivity contribution < 1.29 is 0 Å². The van der Waals surface area contributed by atoms with Gasteiger partial charge in [0.2, 0.25) is 0 Å². The van der Waals surface area contributed by atoms with Gasteiger partial charge in [0, 0.05) is 16.6 Å². The highest BCUT2D eigenvalue weighted by molar-refractivity contribution is 6.08. The molecule has 0 amide bonds. The van der Waals surface area contributed by atoms with Crippen LogP contribution in [0.4, 0.5) is 17.1 Å². The molecule has 9 aromatic carbocycles. The number of benzene rings is 9. The molecule has 10 rings (SSSR count). The molecular formula is C54H41N. The fourth-order valence-corrected chi connectivity index (χ4v) is 9.34. The molecule has 55 heavy (non-hydrogen) atoms. The molecule has 262 valence electrons. The lowest BCUT2D eigenvalue weighted by atomic mass is 9.67. The van der Waals surface area contributed by atoms with Crippen LogP contribution in [0.2, 0.25) is 0 Å². The summed E-state index contributed by atoms with van der Waals surface area (Å²) in [5.74, 6) is 0.364. The maximum atomic E-state index is 2.52. The van der Waals surface area contributed by atoms with E-state index in [-0.39, 0.29) is 0 Å². The summed E-state index contributed by atoms with van der Waals surface area (Å²) in [5.41, 5.74) is 14.5. The number of anilines is 3. The molecule has 0 radical (unpaired) electrons. The molecule has 0 saturated heterocycles. The van der Waals surface area contributed by atoms with Crippen molar-refractivity contribution in [2.75, 3.05) is 4.90 Å². The molecule has 0 spiro atoms. The average molecular weight is 704 g/mol. The Morgan fingerprint density at radius 3 is 1.69 bits per heavy atom. The molecule has 0 heterocycles. The molecule has 0 aliphatic heterocycles. The molecule has 9 aromatic rings. The minimum absolute atomic E-state index is 0.364. The lowest BCUT2D eigenvalue weighted by Gasteiger charge is -2.35. The first kappa shape index (κ1) is 32.9. The van der Waals surface area contributed by atoms with Crippen molar-refractivity contribution in [3.8, 4) is 22.3 Å². The van der Waals surface area contributed by atoms with E-state index >= 15 is 0 Å². The quantitative estimate of drug-likeness (QED) is 0.160. The molecule has 0 bridgehead atoms. The number of hydrogen-bond donors (Lipinski definition) is 0. The van der Waals surface area contributed by atoms with Crippen LogP contribution in [0.15, 0.2) is 206 Å². The Kier molecular flexibility index (Phi) is 7.96. The molecule has 0 aromatic heterocycles. The Morgan fingerprint density at radius 1 is 0.418 bits per heavy atom. The smallest absolute Gasteiger partial charge is 0.0714 e. The molecule has 1 aliphatic carbocycles. The molecule has 0 N–H and O–H groups in total. The van der Waals surface area contributed by atoms with Gasteiger partial charge in [-0.1, -0.05) is 196 Å². The van der Waals surface area contributed by atoms with E-state index in [4.69, 9.17) is 0 Å². The predicted molar refractivity (Wildman–Crippen MR) is 233 cm³/mol. The summed E-state index contributed by atoms with van der Waals surface area (Å²) in [6.07, 6.45) is 0. The van der Waals surface area contributed by atoms with E-state index in [9.17, 15) is 0 Å². The number of rotatable bonds is 7. The minimum atomic E-state index is -0.524. The van der Waals surface area contributed by atoms with Gasteiger partial charge >= 0.3 is 0 Å². The van der Waals surface area contributed by atoms with Crippen molar-refractivity contribution in [2.24, 2.45) is 0 Å².